The van der Waals surface area contributed by atoms with Gasteiger partial charge in [0.25, 0.3) is 0 Å². The number of nitrogens with one attached hydrogen (secondary N) is 2. The lowest BCUT2D eigenvalue weighted by molar-refractivity contribution is 0.0636. The number of rotatable bonds is 8. The van der Waals surface area contributed by atoms with Crippen molar-refractivity contribution in [3.63, 3.8) is 0 Å². The van der Waals surface area contributed by atoms with Gasteiger partial charge < -0.3 is 19.5 Å². The molecule has 0 spiro atoms. The van der Waals surface area contributed by atoms with Crippen molar-refractivity contribution < 1.29 is 19.0 Å². The number of hydrogen-bond donors (Lipinski definition) is 2. The van der Waals surface area contributed by atoms with Gasteiger partial charge in [0.2, 0.25) is 11.8 Å². The third-order valence-corrected chi connectivity index (χ3v) is 6.29. The first-order valence-electron chi connectivity index (χ1n) is 13.5. The second kappa shape index (κ2) is 12.1. The van der Waals surface area contributed by atoms with Gasteiger partial charge in [-0.25, -0.2) is 19.7 Å². The topological polar surface area (TPSA) is 107 Å². The van der Waals surface area contributed by atoms with Crippen molar-refractivity contribution in [2.45, 2.75) is 39.9 Å². The maximum absolute atomic E-state index is 12.1. The monoisotopic (exact) mass is 563 g/mol. The minimum atomic E-state index is -0.583. The molecule has 0 bridgehead atoms. The van der Waals surface area contributed by atoms with Gasteiger partial charge in [0.15, 0.2) is 0 Å². The molecule has 2 heterocycles. The number of anilines is 3. The molecule has 2 N–H and O–H groups in total. The zero-order valence-electron chi connectivity index (χ0n) is 24.3. The molecule has 5 rings (SSSR count). The number of pyridine rings is 1. The Balaban J connectivity index is 1.33. The van der Waals surface area contributed by atoms with Crippen LogP contribution < -0.4 is 20.1 Å². The first-order valence-corrected chi connectivity index (χ1v) is 13.5. The van der Waals surface area contributed by atoms with Crippen LogP contribution in [0.5, 0.6) is 11.6 Å². The Bertz CT molecular complexity index is 1710. The summed E-state index contributed by atoms with van der Waals surface area (Å²) in [7, 11) is 1.65. The van der Waals surface area contributed by atoms with Gasteiger partial charge in [-0.2, -0.15) is 0 Å². The Morgan fingerprint density at radius 1 is 0.929 bits per heavy atom. The number of carbonyl (C=O) groups is 1. The number of amides is 1. The molecule has 3 aromatic carbocycles. The van der Waals surface area contributed by atoms with Gasteiger partial charge in [0.05, 0.1) is 12.6 Å². The van der Waals surface area contributed by atoms with E-state index in [1.165, 1.54) is 0 Å². The van der Waals surface area contributed by atoms with Gasteiger partial charge in [0, 0.05) is 34.7 Å². The fourth-order valence-corrected chi connectivity index (χ4v) is 4.34. The fraction of sp³-hybridized carbons (Fsp3) is 0.212. The molecule has 0 atom stereocenters. The van der Waals surface area contributed by atoms with Gasteiger partial charge in [-0.05, 0) is 92.9 Å². The van der Waals surface area contributed by atoms with Gasteiger partial charge in [0.1, 0.15) is 18.0 Å². The molecule has 2 aromatic heterocycles. The lowest BCUT2D eigenvalue weighted by Gasteiger charge is -2.19. The number of aromatic nitrogens is 3. The molecule has 5 aromatic rings. The third-order valence-electron chi connectivity index (χ3n) is 6.29. The molecule has 42 heavy (non-hydrogen) atoms. The van der Waals surface area contributed by atoms with Crippen molar-refractivity contribution >= 4 is 34.3 Å². The fourth-order valence-electron chi connectivity index (χ4n) is 4.34. The molecular weight excluding hydrogens is 530 g/mol. The second-order valence-corrected chi connectivity index (χ2v) is 10.7. The smallest absolute Gasteiger partial charge is 0.412 e. The third kappa shape index (κ3) is 7.11. The van der Waals surface area contributed by atoms with Crippen molar-refractivity contribution in [2.75, 3.05) is 17.7 Å². The zero-order valence-corrected chi connectivity index (χ0v) is 24.3. The molecule has 0 unspecified atom stereocenters. The highest BCUT2D eigenvalue weighted by molar-refractivity contribution is 5.87. The quantitative estimate of drug-likeness (QED) is 0.198. The van der Waals surface area contributed by atoms with Crippen LogP contribution in [0.1, 0.15) is 31.9 Å². The number of aryl methyl sites for hydroxylation is 1. The van der Waals surface area contributed by atoms with Gasteiger partial charge in [-0.15, -0.1) is 0 Å². The van der Waals surface area contributed by atoms with Crippen LogP contribution >= 0.6 is 0 Å². The van der Waals surface area contributed by atoms with Crippen LogP contribution in [0.4, 0.5) is 22.1 Å². The molecule has 0 aliphatic rings. The molecular formula is C33H33N5O4. The van der Waals surface area contributed by atoms with Crippen LogP contribution in [-0.4, -0.2) is 33.8 Å². The van der Waals surface area contributed by atoms with E-state index in [0.717, 1.165) is 44.6 Å². The Hall–Kier alpha value is -5.18. The number of hydrogen-bond acceptors (Lipinski definition) is 8. The number of carbonyl (C=O) groups excluding carboxylic acids is 1. The molecule has 9 nitrogen and oxygen atoms in total. The normalized spacial score (nSPS) is 11.2. The largest absolute Gasteiger partial charge is 0.497 e. The average molecular weight is 564 g/mol. The highest BCUT2D eigenvalue weighted by Gasteiger charge is 2.16. The molecule has 9 heteroatoms. The van der Waals surface area contributed by atoms with E-state index >= 15 is 0 Å². The minimum absolute atomic E-state index is 0.383. The predicted molar refractivity (Wildman–Crippen MR) is 164 cm³/mol. The van der Waals surface area contributed by atoms with Crippen LogP contribution in [0.15, 0.2) is 85.2 Å². The van der Waals surface area contributed by atoms with Crippen molar-refractivity contribution in [3.8, 4) is 22.8 Å². The summed E-state index contributed by atoms with van der Waals surface area (Å²) < 4.78 is 16.7. The average Bonchev–Trinajstić information content (AvgIpc) is 2.95. The highest BCUT2D eigenvalue weighted by atomic mass is 16.6. The second-order valence-electron chi connectivity index (χ2n) is 10.7. The molecule has 0 saturated heterocycles. The molecule has 0 saturated carbocycles. The molecule has 0 aliphatic carbocycles. The van der Waals surface area contributed by atoms with Gasteiger partial charge in [-0.1, -0.05) is 24.3 Å². The number of methoxy groups -OCH3 is 1. The van der Waals surface area contributed by atoms with E-state index in [1.54, 1.807) is 31.6 Å². The number of ether oxygens (including phenoxy) is 3. The van der Waals surface area contributed by atoms with Crippen molar-refractivity contribution in [3.05, 3.63) is 96.3 Å². The number of benzene rings is 3. The number of nitrogens with zero attached hydrogens (tertiary/aromatic N) is 3. The summed E-state index contributed by atoms with van der Waals surface area (Å²) in [6, 6.07) is 23.0. The van der Waals surface area contributed by atoms with Crippen LogP contribution in [0.25, 0.3) is 22.0 Å². The van der Waals surface area contributed by atoms with Crippen molar-refractivity contribution in [2.24, 2.45) is 0 Å². The van der Waals surface area contributed by atoms with Gasteiger partial charge >= 0.3 is 6.09 Å². The zero-order chi connectivity index (χ0) is 29.7. The lowest BCUT2D eigenvalue weighted by atomic mass is 10.0. The summed E-state index contributed by atoms with van der Waals surface area (Å²) in [4.78, 5) is 25.9. The van der Waals surface area contributed by atoms with E-state index in [9.17, 15) is 4.79 Å². The molecule has 1 amide bonds. The molecule has 0 aliphatic heterocycles. The Morgan fingerprint density at radius 3 is 2.48 bits per heavy atom. The summed E-state index contributed by atoms with van der Waals surface area (Å²) in [6.45, 7) is 7.88. The predicted octanol–water partition coefficient (Wildman–Crippen LogP) is 7.68. The van der Waals surface area contributed by atoms with E-state index < -0.39 is 11.7 Å². The Kier molecular flexibility index (Phi) is 8.19. The summed E-state index contributed by atoms with van der Waals surface area (Å²) in [6.07, 6.45) is 3.01. The van der Waals surface area contributed by atoms with Crippen molar-refractivity contribution in [1.82, 2.24) is 15.0 Å². The summed E-state index contributed by atoms with van der Waals surface area (Å²) in [5, 5.41) is 6.83. The number of fused-ring (bicyclic) bond motifs is 1. The summed E-state index contributed by atoms with van der Waals surface area (Å²) >= 11 is 0. The van der Waals surface area contributed by atoms with E-state index in [2.05, 4.69) is 25.6 Å². The van der Waals surface area contributed by atoms with E-state index in [1.807, 2.05) is 88.4 Å². The van der Waals surface area contributed by atoms with Crippen molar-refractivity contribution in [1.29, 1.82) is 0 Å². The maximum atomic E-state index is 12.1. The van der Waals surface area contributed by atoms with E-state index in [-0.39, 0.29) is 0 Å². The van der Waals surface area contributed by atoms with E-state index in [4.69, 9.17) is 14.2 Å². The maximum Gasteiger partial charge on any atom is 0.412 e. The first kappa shape index (κ1) is 28.4. The lowest BCUT2D eigenvalue weighted by Crippen LogP contribution is -2.27. The molecule has 0 radical (unpaired) electrons. The molecule has 214 valence electrons. The molecule has 0 fully saturated rings. The van der Waals surface area contributed by atoms with Crippen LogP contribution in [-0.2, 0) is 11.3 Å². The highest BCUT2D eigenvalue weighted by Crippen LogP contribution is 2.34. The summed E-state index contributed by atoms with van der Waals surface area (Å²) in [5.41, 5.74) is 5.46. The van der Waals surface area contributed by atoms with Gasteiger partial charge in [-0.3, -0.25) is 5.32 Å². The first-order chi connectivity index (χ1) is 20.2. The Morgan fingerprint density at radius 2 is 1.71 bits per heavy atom. The van der Waals surface area contributed by atoms with Crippen LogP contribution in [0.2, 0.25) is 0 Å². The SMILES string of the molecule is COc1ccc(COc2nccc(C)c2-c2ccc3nc(Nc4cccc(NC(=O)OC(C)(C)C)c4)ncc3c2)cc1. The van der Waals surface area contributed by atoms with Crippen LogP contribution in [0, 0.1) is 6.92 Å². The summed E-state index contributed by atoms with van der Waals surface area (Å²) in [5.74, 6) is 1.79. The minimum Gasteiger partial charge on any atom is -0.497 e. The van der Waals surface area contributed by atoms with E-state index in [0.29, 0.717) is 24.1 Å². The standard InChI is InChI=1S/C33H33N5O4/c1-21-15-16-34-30(41-20-22-9-12-27(40-5)13-10-22)29(21)23-11-14-28-24(17-23)19-35-31(38-28)36-25-7-6-8-26(18-25)37-32(39)42-33(2,3)4/h6-19H,20H2,1-5H3,(H,37,39)(H,35,36,38). The Labute approximate surface area is 244 Å². The van der Waals surface area contributed by atoms with Crippen LogP contribution in [0.3, 0.4) is 0 Å².